The van der Waals surface area contributed by atoms with Crippen molar-refractivity contribution in [2.75, 3.05) is 6.54 Å². The van der Waals surface area contributed by atoms with E-state index in [4.69, 9.17) is 5.73 Å². The van der Waals surface area contributed by atoms with Gasteiger partial charge in [-0.2, -0.15) is 0 Å². The Labute approximate surface area is 265 Å². The molecule has 45 heavy (non-hydrogen) atoms. The molecule has 5 N–H and O–H groups in total. The number of nitrogens with one attached hydrogen (secondary N) is 3. The summed E-state index contributed by atoms with van der Waals surface area (Å²) < 4.78 is 0. The van der Waals surface area contributed by atoms with Crippen LogP contribution >= 0.6 is 0 Å². The molecule has 4 rings (SSSR count). The van der Waals surface area contributed by atoms with Crippen molar-refractivity contribution in [3.05, 3.63) is 35.9 Å². The molecule has 2 saturated carbocycles. The largest absolute Gasteiger partial charge is 0.363 e. The fraction of sp³-hybridized carbons (Fsp3) is 0.647. The molecule has 11 heteroatoms. The van der Waals surface area contributed by atoms with Crippen LogP contribution in [0.4, 0.5) is 0 Å². The number of ketones is 1. The number of hydrogen-bond acceptors (Lipinski definition) is 6. The van der Waals surface area contributed by atoms with Gasteiger partial charge in [-0.15, -0.1) is 0 Å². The van der Waals surface area contributed by atoms with E-state index in [1.165, 1.54) is 6.92 Å². The van der Waals surface area contributed by atoms with E-state index < -0.39 is 47.7 Å². The van der Waals surface area contributed by atoms with Gasteiger partial charge in [-0.1, -0.05) is 82.7 Å². The predicted molar refractivity (Wildman–Crippen MR) is 168 cm³/mol. The van der Waals surface area contributed by atoms with E-state index >= 15 is 0 Å². The second-order valence-electron chi connectivity index (χ2n) is 13.4. The van der Waals surface area contributed by atoms with Gasteiger partial charge in [0.1, 0.15) is 18.1 Å². The van der Waals surface area contributed by atoms with E-state index in [2.05, 4.69) is 16.0 Å². The number of nitrogens with zero attached hydrogens (tertiary/aromatic N) is 1. The number of hydrogen-bond donors (Lipinski definition) is 4. The lowest BCUT2D eigenvalue weighted by Crippen LogP contribution is -2.60. The molecule has 2 aliphatic carbocycles. The van der Waals surface area contributed by atoms with Gasteiger partial charge in [0.25, 0.3) is 5.91 Å². The quantitative estimate of drug-likeness (QED) is 0.246. The van der Waals surface area contributed by atoms with Crippen molar-refractivity contribution in [2.24, 2.45) is 29.4 Å². The molecule has 1 heterocycles. The molecule has 3 fully saturated rings. The number of nitrogens with two attached hydrogens (primary N) is 1. The molecule has 0 bridgehead atoms. The highest BCUT2D eigenvalue weighted by molar-refractivity contribution is 6.37. The number of benzene rings is 1. The molecule has 5 atom stereocenters. The molecule has 1 saturated heterocycles. The Morgan fingerprint density at radius 1 is 0.867 bits per heavy atom. The van der Waals surface area contributed by atoms with Gasteiger partial charge in [0, 0.05) is 13.5 Å². The Bertz CT molecular complexity index is 1240. The second-order valence-corrected chi connectivity index (χ2v) is 13.4. The monoisotopic (exact) mass is 623 g/mol. The molecule has 5 amide bonds. The minimum Gasteiger partial charge on any atom is -0.363 e. The van der Waals surface area contributed by atoms with Crippen LogP contribution in [0.2, 0.25) is 0 Å². The molecule has 1 aliphatic heterocycles. The van der Waals surface area contributed by atoms with Crippen LogP contribution in [0, 0.1) is 23.7 Å². The average Bonchev–Trinajstić information content (AvgIpc) is 3.45. The third-order valence-electron chi connectivity index (χ3n) is 9.95. The maximum absolute atomic E-state index is 14.5. The molecule has 0 aromatic heterocycles. The van der Waals surface area contributed by atoms with Gasteiger partial charge in [-0.3, -0.25) is 28.8 Å². The minimum absolute atomic E-state index is 0.0559. The zero-order valence-electron chi connectivity index (χ0n) is 26.8. The van der Waals surface area contributed by atoms with E-state index in [0.29, 0.717) is 24.9 Å². The Balaban J connectivity index is 1.61. The number of likely N-dealkylation sites (tertiary alicyclic amines) is 1. The Morgan fingerprint density at radius 2 is 1.53 bits per heavy atom. The van der Waals surface area contributed by atoms with Crippen LogP contribution in [-0.2, 0) is 28.8 Å². The van der Waals surface area contributed by atoms with Crippen molar-refractivity contribution < 1.29 is 28.8 Å². The molecular weight excluding hydrogens is 574 g/mol. The molecule has 0 spiro atoms. The summed E-state index contributed by atoms with van der Waals surface area (Å²) >= 11 is 0. The summed E-state index contributed by atoms with van der Waals surface area (Å²) in [5, 5.41) is 8.52. The highest BCUT2D eigenvalue weighted by Gasteiger charge is 2.47. The van der Waals surface area contributed by atoms with Gasteiger partial charge < -0.3 is 26.6 Å². The van der Waals surface area contributed by atoms with Crippen molar-refractivity contribution in [3.8, 4) is 0 Å². The Hall–Kier alpha value is -3.76. The Kier molecular flexibility index (Phi) is 11.7. The van der Waals surface area contributed by atoms with Gasteiger partial charge in [-0.25, -0.2) is 0 Å². The number of carbonyl (C=O) groups excluding carboxylic acids is 6. The summed E-state index contributed by atoms with van der Waals surface area (Å²) in [5.41, 5.74) is 5.94. The summed E-state index contributed by atoms with van der Waals surface area (Å²) in [7, 11) is 0. The number of primary amides is 1. The topological polar surface area (TPSA) is 168 Å². The molecule has 1 aromatic carbocycles. The van der Waals surface area contributed by atoms with Crippen molar-refractivity contribution in [2.45, 2.75) is 109 Å². The standard InChI is InChI=1S/C34H49N5O6/c1-20(2)25-17-18-39(29(25)33(44)37-26(30(41)31(35)42)19-22-11-10-12-22)34(45)28(24-15-8-5-9-16-24)38-32(43)27(36-21(3)40)23-13-6-4-7-14-23/h4,6-7,13-14,20,22,24-29H,5,8-12,15-19H2,1-3H3,(H2,35,42)(H,36,40)(H,37,44)(H,38,43)/t25?,26?,27-,28?,29?/m0/s1. The van der Waals surface area contributed by atoms with E-state index in [1.807, 2.05) is 19.9 Å². The molecule has 1 aromatic rings. The molecule has 0 radical (unpaired) electrons. The molecule has 4 unspecified atom stereocenters. The van der Waals surface area contributed by atoms with Crippen molar-refractivity contribution in [3.63, 3.8) is 0 Å². The molecule has 246 valence electrons. The fourth-order valence-electron chi connectivity index (χ4n) is 7.23. The van der Waals surface area contributed by atoms with Crippen LogP contribution < -0.4 is 21.7 Å². The molecular formula is C34H49N5O6. The first-order valence-electron chi connectivity index (χ1n) is 16.5. The number of carbonyl (C=O) groups is 6. The minimum atomic E-state index is -1.09. The summed E-state index contributed by atoms with van der Waals surface area (Å²) in [4.78, 5) is 80.6. The zero-order chi connectivity index (χ0) is 32.7. The summed E-state index contributed by atoms with van der Waals surface area (Å²) in [6, 6.07) is 5.09. The summed E-state index contributed by atoms with van der Waals surface area (Å²) in [5.74, 6) is -3.64. The third kappa shape index (κ3) is 8.49. The molecule has 11 nitrogen and oxygen atoms in total. The van der Waals surface area contributed by atoms with Crippen molar-refractivity contribution in [1.29, 1.82) is 0 Å². The number of amides is 5. The van der Waals surface area contributed by atoms with Crippen LogP contribution in [0.15, 0.2) is 30.3 Å². The van der Waals surface area contributed by atoms with Crippen LogP contribution in [0.25, 0.3) is 0 Å². The highest BCUT2D eigenvalue weighted by Crippen LogP contribution is 2.35. The fourth-order valence-corrected chi connectivity index (χ4v) is 7.23. The van der Waals surface area contributed by atoms with Gasteiger partial charge in [0.2, 0.25) is 29.4 Å². The number of rotatable bonds is 13. The predicted octanol–water partition coefficient (Wildman–Crippen LogP) is 2.53. The van der Waals surface area contributed by atoms with Gasteiger partial charge in [0.15, 0.2) is 0 Å². The zero-order valence-corrected chi connectivity index (χ0v) is 26.8. The van der Waals surface area contributed by atoms with Crippen LogP contribution in [0.3, 0.4) is 0 Å². The summed E-state index contributed by atoms with van der Waals surface area (Å²) in [6.07, 6.45) is 8.21. The van der Waals surface area contributed by atoms with E-state index in [-0.39, 0.29) is 35.5 Å². The van der Waals surface area contributed by atoms with E-state index in [0.717, 1.165) is 51.4 Å². The first kappa shape index (κ1) is 34.1. The summed E-state index contributed by atoms with van der Waals surface area (Å²) in [6.45, 7) is 5.66. The maximum Gasteiger partial charge on any atom is 0.287 e. The van der Waals surface area contributed by atoms with Crippen molar-refractivity contribution >= 4 is 35.3 Å². The third-order valence-corrected chi connectivity index (χ3v) is 9.95. The van der Waals surface area contributed by atoms with Gasteiger partial charge in [0.05, 0.1) is 6.04 Å². The lowest BCUT2D eigenvalue weighted by molar-refractivity contribution is -0.145. The first-order chi connectivity index (χ1) is 21.5. The SMILES string of the molecule is CC(=O)N[C@H](C(=O)NC(C(=O)N1CCC(C(C)C)C1C(=O)NC(CC1CCC1)C(=O)C(N)=O)C1CCCCC1)c1ccccc1. The maximum atomic E-state index is 14.5. The van der Waals surface area contributed by atoms with Crippen LogP contribution in [0.5, 0.6) is 0 Å². The van der Waals surface area contributed by atoms with Gasteiger partial charge >= 0.3 is 0 Å². The lowest BCUT2D eigenvalue weighted by atomic mass is 9.80. The molecule has 3 aliphatic rings. The van der Waals surface area contributed by atoms with E-state index in [9.17, 15) is 28.8 Å². The average molecular weight is 624 g/mol. The van der Waals surface area contributed by atoms with Crippen LogP contribution in [0.1, 0.15) is 96.6 Å². The number of Topliss-reactive ketones (excluding diaryl/α,β-unsaturated/α-hetero) is 1. The van der Waals surface area contributed by atoms with Crippen LogP contribution in [-0.4, -0.2) is 64.9 Å². The highest BCUT2D eigenvalue weighted by atomic mass is 16.2. The van der Waals surface area contributed by atoms with E-state index in [1.54, 1.807) is 29.2 Å². The van der Waals surface area contributed by atoms with Gasteiger partial charge in [-0.05, 0) is 54.9 Å². The first-order valence-corrected chi connectivity index (χ1v) is 16.5. The normalized spacial score (nSPS) is 22.5. The lowest BCUT2D eigenvalue weighted by Gasteiger charge is -2.37. The Morgan fingerprint density at radius 3 is 2.09 bits per heavy atom. The smallest absolute Gasteiger partial charge is 0.287 e. The second kappa shape index (κ2) is 15.5. The van der Waals surface area contributed by atoms with Crippen molar-refractivity contribution in [1.82, 2.24) is 20.9 Å².